The van der Waals surface area contributed by atoms with E-state index in [1.807, 2.05) is 50.2 Å². The molecule has 3 heterocycles. The summed E-state index contributed by atoms with van der Waals surface area (Å²) >= 11 is 0. The van der Waals surface area contributed by atoms with Gasteiger partial charge in [0.25, 0.3) is 0 Å². The van der Waals surface area contributed by atoms with E-state index in [1.54, 1.807) is 45.8 Å². The topological polar surface area (TPSA) is 46.5 Å². The fourth-order valence-corrected chi connectivity index (χ4v) is 6.93. The summed E-state index contributed by atoms with van der Waals surface area (Å²) in [5.74, 6) is 0. The summed E-state index contributed by atoms with van der Waals surface area (Å²) in [7, 11) is 0. The predicted octanol–water partition coefficient (Wildman–Crippen LogP) is 11.5. The number of aromatic nitrogens is 3. The Morgan fingerprint density at radius 2 is 0.980 bits per heavy atom. The largest absolute Gasteiger partial charge is 0.416 e. The Bertz CT molecular complexity index is 2710. The van der Waals surface area contributed by atoms with E-state index in [0.717, 1.165) is 40.8 Å². The standard InChI is InChI=1S/C40H24F6N4/c1-22-3-7-28-30-9-5-26(39(41,42)43)18-37(30)49(34(28)15-22)33-20-32(24-11-13-48-14-12-24)36(17-25(33)21-47)50-35-16-23(2)4-8-29(35)31-10-6-27(19-38(31)50)40(44,45)46/h3-20H,1-2H3. The zero-order valence-corrected chi connectivity index (χ0v) is 26.4. The van der Waals surface area contributed by atoms with E-state index in [0.29, 0.717) is 49.7 Å². The number of halogens is 6. The van der Waals surface area contributed by atoms with Crippen LogP contribution < -0.4 is 0 Å². The molecule has 0 radical (unpaired) electrons. The molecule has 0 saturated carbocycles. The molecule has 0 aliphatic carbocycles. The molecule has 4 nitrogen and oxygen atoms in total. The van der Waals surface area contributed by atoms with Crippen molar-refractivity contribution < 1.29 is 26.3 Å². The van der Waals surface area contributed by atoms with Gasteiger partial charge in [0.15, 0.2) is 0 Å². The molecule has 0 bridgehead atoms. The van der Waals surface area contributed by atoms with Gasteiger partial charge in [-0.1, -0.05) is 36.4 Å². The lowest BCUT2D eigenvalue weighted by Gasteiger charge is -2.19. The first-order valence-electron chi connectivity index (χ1n) is 15.6. The van der Waals surface area contributed by atoms with Gasteiger partial charge in [0.1, 0.15) is 6.07 Å². The molecule has 8 rings (SSSR count). The van der Waals surface area contributed by atoms with Crippen molar-refractivity contribution in [2.45, 2.75) is 26.2 Å². The molecular weight excluding hydrogens is 650 g/mol. The zero-order valence-electron chi connectivity index (χ0n) is 26.4. The maximum atomic E-state index is 14.1. The van der Waals surface area contributed by atoms with E-state index in [2.05, 4.69) is 11.1 Å². The molecule has 5 aromatic carbocycles. The number of rotatable bonds is 3. The Balaban J connectivity index is 1.54. The van der Waals surface area contributed by atoms with E-state index < -0.39 is 23.5 Å². The number of benzene rings is 5. The van der Waals surface area contributed by atoms with Gasteiger partial charge < -0.3 is 9.13 Å². The molecule has 246 valence electrons. The molecule has 50 heavy (non-hydrogen) atoms. The van der Waals surface area contributed by atoms with Gasteiger partial charge in [-0.2, -0.15) is 31.6 Å². The second-order valence-electron chi connectivity index (χ2n) is 12.4. The maximum Gasteiger partial charge on any atom is 0.416 e. The highest BCUT2D eigenvalue weighted by molar-refractivity contribution is 6.11. The van der Waals surface area contributed by atoms with Crippen LogP contribution in [0.25, 0.3) is 66.1 Å². The minimum Gasteiger partial charge on any atom is -0.309 e. The fraction of sp³-hybridized carbons (Fsp3) is 0.100. The van der Waals surface area contributed by atoms with Gasteiger partial charge in [0.05, 0.1) is 50.1 Å². The molecule has 0 aliphatic heterocycles. The average Bonchev–Trinajstić information content (AvgIpc) is 3.58. The summed E-state index contributed by atoms with van der Waals surface area (Å²) in [6, 6.07) is 27.5. The molecule has 0 fully saturated rings. The zero-order chi connectivity index (χ0) is 35.1. The van der Waals surface area contributed by atoms with Gasteiger partial charge in [-0.05, 0) is 91.2 Å². The van der Waals surface area contributed by atoms with Crippen LogP contribution in [-0.4, -0.2) is 14.1 Å². The average molecular weight is 675 g/mol. The van der Waals surface area contributed by atoms with Crippen LogP contribution in [-0.2, 0) is 12.4 Å². The number of hydrogen-bond donors (Lipinski definition) is 0. The Labute approximate surface area is 281 Å². The third kappa shape index (κ3) is 4.88. The van der Waals surface area contributed by atoms with Crippen molar-refractivity contribution in [1.82, 2.24) is 14.1 Å². The lowest BCUT2D eigenvalue weighted by atomic mass is 10.00. The van der Waals surface area contributed by atoms with E-state index in [1.165, 1.54) is 12.1 Å². The lowest BCUT2D eigenvalue weighted by Crippen LogP contribution is -2.07. The molecule has 0 atom stereocenters. The summed E-state index contributed by atoms with van der Waals surface area (Å²) in [5.41, 5.74) is 3.90. The SMILES string of the molecule is Cc1ccc2c3ccc(C(F)(F)F)cc3n(-c3cc(-c4ccncc4)c(-n4c5cc(C)ccc5c5ccc(C(F)(F)F)cc54)cc3C#N)c2c1. The van der Waals surface area contributed by atoms with Crippen molar-refractivity contribution in [3.8, 4) is 28.6 Å². The number of aryl methyl sites for hydroxylation is 2. The van der Waals surface area contributed by atoms with E-state index in [9.17, 15) is 31.6 Å². The third-order valence-electron chi connectivity index (χ3n) is 9.21. The highest BCUT2D eigenvalue weighted by Gasteiger charge is 2.33. The molecule has 0 aliphatic rings. The number of hydrogen-bond acceptors (Lipinski definition) is 2. The number of nitriles is 1. The first-order valence-corrected chi connectivity index (χ1v) is 15.6. The lowest BCUT2D eigenvalue weighted by molar-refractivity contribution is -0.138. The number of alkyl halides is 6. The van der Waals surface area contributed by atoms with Crippen LogP contribution in [0.15, 0.2) is 109 Å². The summed E-state index contributed by atoms with van der Waals surface area (Å²) in [5, 5.41) is 13.3. The van der Waals surface area contributed by atoms with Crippen LogP contribution in [0.4, 0.5) is 26.3 Å². The Kier molecular flexibility index (Phi) is 6.85. The van der Waals surface area contributed by atoms with Gasteiger partial charge in [0.2, 0.25) is 0 Å². The number of pyridine rings is 1. The second-order valence-corrected chi connectivity index (χ2v) is 12.4. The van der Waals surface area contributed by atoms with Crippen LogP contribution in [0.3, 0.4) is 0 Å². The third-order valence-corrected chi connectivity index (χ3v) is 9.21. The summed E-state index contributed by atoms with van der Waals surface area (Å²) in [6.45, 7) is 3.76. The minimum absolute atomic E-state index is 0.116. The Morgan fingerprint density at radius 3 is 1.44 bits per heavy atom. The van der Waals surface area contributed by atoms with Crippen molar-refractivity contribution in [1.29, 1.82) is 5.26 Å². The van der Waals surface area contributed by atoms with Crippen LogP contribution in [0.1, 0.15) is 27.8 Å². The fourth-order valence-electron chi connectivity index (χ4n) is 6.93. The maximum absolute atomic E-state index is 14.1. The van der Waals surface area contributed by atoms with Crippen LogP contribution in [0, 0.1) is 25.2 Å². The molecule has 0 spiro atoms. The van der Waals surface area contributed by atoms with Gasteiger partial charge >= 0.3 is 12.4 Å². The summed E-state index contributed by atoms with van der Waals surface area (Å²) in [6.07, 6.45) is -6.06. The smallest absolute Gasteiger partial charge is 0.309 e. The minimum atomic E-state index is -4.61. The van der Waals surface area contributed by atoms with Crippen molar-refractivity contribution in [2.24, 2.45) is 0 Å². The van der Waals surface area contributed by atoms with Gasteiger partial charge in [-0.15, -0.1) is 0 Å². The summed E-state index contributed by atoms with van der Waals surface area (Å²) < 4.78 is 87.8. The van der Waals surface area contributed by atoms with Crippen molar-refractivity contribution in [2.75, 3.05) is 0 Å². The molecular formula is C40H24F6N4. The molecule has 3 aromatic heterocycles. The number of fused-ring (bicyclic) bond motifs is 6. The Hall–Kier alpha value is -6.08. The molecule has 10 heteroatoms. The Morgan fingerprint density at radius 1 is 0.540 bits per heavy atom. The van der Waals surface area contributed by atoms with E-state index in [-0.39, 0.29) is 16.6 Å². The molecule has 0 unspecified atom stereocenters. The molecule has 0 saturated heterocycles. The molecule has 0 N–H and O–H groups in total. The van der Waals surface area contributed by atoms with Gasteiger partial charge in [-0.25, -0.2) is 0 Å². The van der Waals surface area contributed by atoms with Crippen molar-refractivity contribution in [3.63, 3.8) is 0 Å². The van der Waals surface area contributed by atoms with Crippen LogP contribution >= 0.6 is 0 Å². The normalized spacial score (nSPS) is 12.4. The quantitative estimate of drug-likeness (QED) is 0.175. The highest BCUT2D eigenvalue weighted by Crippen LogP contribution is 2.43. The first kappa shape index (κ1) is 31.2. The van der Waals surface area contributed by atoms with Gasteiger partial charge in [-0.3, -0.25) is 4.98 Å². The van der Waals surface area contributed by atoms with Crippen LogP contribution in [0.2, 0.25) is 0 Å². The van der Waals surface area contributed by atoms with Crippen molar-refractivity contribution >= 4 is 43.6 Å². The second kappa shape index (κ2) is 11.0. The first-order chi connectivity index (χ1) is 23.8. The molecule has 8 aromatic rings. The van der Waals surface area contributed by atoms with Crippen LogP contribution in [0.5, 0.6) is 0 Å². The predicted molar refractivity (Wildman–Crippen MR) is 183 cm³/mol. The number of nitrogens with zero attached hydrogens (tertiary/aromatic N) is 4. The summed E-state index contributed by atoms with van der Waals surface area (Å²) in [4.78, 5) is 4.15. The monoisotopic (exact) mass is 674 g/mol. The van der Waals surface area contributed by atoms with Crippen molar-refractivity contribution in [3.05, 3.63) is 137 Å². The highest BCUT2D eigenvalue weighted by atomic mass is 19.4. The van der Waals surface area contributed by atoms with Gasteiger partial charge in [0, 0.05) is 39.5 Å². The van der Waals surface area contributed by atoms with E-state index in [4.69, 9.17) is 0 Å². The molecule has 0 amide bonds. The van der Waals surface area contributed by atoms with E-state index >= 15 is 0 Å².